The van der Waals surface area contributed by atoms with Crippen LogP contribution in [-0.4, -0.2) is 20.1 Å². The van der Waals surface area contributed by atoms with Gasteiger partial charge in [-0.15, -0.1) is 0 Å². The van der Waals surface area contributed by atoms with Gasteiger partial charge in [0.15, 0.2) is 0 Å². The van der Waals surface area contributed by atoms with Crippen molar-refractivity contribution in [3.05, 3.63) is 63.6 Å². The minimum absolute atomic E-state index is 0.141. The molecule has 0 aromatic heterocycles. The molecule has 0 spiro atoms. The fourth-order valence-electron chi connectivity index (χ4n) is 1.63. The minimum Gasteiger partial charge on any atom is -0.392 e. The van der Waals surface area contributed by atoms with Crippen molar-refractivity contribution in [3.8, 4) is 0 Å². The van der Waals surface area contributed by atoms with E-state index in [1.807, 2.05) is 6.92 Å². The van der Waals surface area contributed by atoms with E-state index in [4.69, 9.17) is 16.7 Å². The number of aliphatic hydroxyl groups is 1. The third kappa shape index (κ3) is 5.02. The van der Waals surface area contributed by atoms with E-state index in [0.29, 0.717) is 21.8 Å². The Labute approximate surface area is 136 Å². The van der Waals surface area contributed by atoms with Gasteiger partial charge in [0.25, 0.3) is 10.0 Å². The first-order valence-corrected chi connectivity index (χ1v) is 8.57. The Kier molecular flexibility index (Phi) is 6.87. The second-order valence-electron chi connectivity index (χ2n) is 4.69. The molecule has 0 saturated carbocycles. The van der Waals surface area contributed by atoms with E-state index < -0.39 is 10.0 Å². The van der Waals surface area contributed by atoms with Crippen LogP contribution < -0.4 is 4.72 Å². The van der Waals surface area contributed by atoms with Gasteiger partial charge in [-0.25, -0.2) is 8.42 Å². The molecule has 0 fully saturated rings. The predicted octanol–water partition coefficient (Wildman–Crippen LogP) is 3.79. The van der Waals surface area contributed by atoms with Crippen LogP contribution in [0.3, 0.4) is 0 Å². The van der Waals surface area contributed by atoms with Crippen LogP contribution in [0.1, 0.15) is 19.4 Å². The lowest BCUT2D eigenvalue weighted by Gasteiger charge is -2.11. The van der Waals surface area contributed by atoms with E-state index in [1.165, 1.54) is 13.0 Å². The number of anilines is 1. The highest BCUT2D eigenvalue weighted by atomic mass is 35.5. The number of aliphatic hydroxyl groups excluding tert-OH is 1. The average Bonchev–Trinajstić information content (AvgIpc) is 2.47. The van der Waals surface area contributed by atoms with E-state index in [0.717, 1.165) is 0 Å². The lowest BCUT2D eigenvalue weighted by Crippen LogP contribution is -2.14. The van der Waals surface area contributed by atoms with Crippen molar-refractivity contribution in [3.63, 3.8) is 0 Å². The molecule has 0 aliphatic heterocycles. The van der Waals surface area contributed by atoms with Gasteiger partial charge in [0.05, 0.1) is 17.2 Å². The standard InChI is InChI=1S/C16H20ClNO3S/c1-4-6-14(11-19)10-9-12(2)22(20,21)18-16-8-5-7-15(17)13(16)3/h4-10,18-19H,11H2,1-3H3/b6-4-,12-9+,14-10+. The minimum atomic E-state index is -3.67. The van der Waals surface area contributed by atoms with Crippen molar-refractivity contribution < 1.29 is 13.5 Å². The third-order valence-electron chi connectivity index (χ3n) is 3.03. The molecule has 1 aromatic carbocycles. The van der Waals surface area contributed by atoms with Crippen molar-refractivity contribution in [1.82, 2.24) is 0 Å². The van der Waals surface area contributed by atoms with Crippen LogP contribution in [0.25, 0.3) is 0 Å². The van der Waals surface area contributed by atoms with Crippen LogP contribution in [0.4, 0.5) is 5.69 Å². The fraction of sp³-hybridized carbons (Fsp3) is 0.250. The van der Waals surface area contributed by atoms with Crippen LogP contribution in [0, 0.1) is 6.92 Å². The molecular formula is C16H20ClNO3S. The number of hydrogen-bond acceptors (Lipinski definition) is 3. The molecule has 0 atom stereocenters. The molecule has 4 nitrogen and oxygen atoms in total. The molecule has 6 heteroatoms. The van der Waals surface area contributed by atoms with Crippen LogP contribution in [0.5, 0.6) is 0 Å². The van der Waals surface area contributed by atoms with E-state index in [-0.39, 0.29) is 11.5 Å². The van der Waals surface area contributed by atoms with Crippen molar-refractivity contribution >= 4 is 27.3 Å². The first-order valence-electron chi connectivity index (χ1n) is 6.70. The van der Waals surface area contributed by atoms with Gasteiger partial charge in [0.1, 0.15) is 0 Å². The quantitative estimate of drug-likeness (QED) is 0.773. The zero-order valence-corrected chi connectivity index (χ0v) is 14.4. The van der Waals surface area contributed by atoms with Crippen molar-refractivity contribution in [2.45, 2.75) is 20.8 Å². The number of rotatable bonds is 6. The Balaban J connectivity index is 3.06. The molecule has 0 saturated heterocycles. The molecule has 0 heterocycles. The van der Waals surface area contributed by atoms with Gasteiger partial charge in [0, 0.05) is 5.02 Å². The molecule has 0 bridgehead atoms. The second-order valence-corrected chi connectivity index (χ2v) is 6.96. The summed E-state index contributed by atoms with van der Waals surface area (Å²) in [6, 6.07) is 5.04. The van der Waals surface area contributed by atoms with Gasteiger partial charge in [-0.2, -0.15) is 0 Å². The lowest BCUT2D eigenvalue weighted by molar-refractivity contribution is 0.335. The number of allylic oxidation sites excluding steroid dienone is 4. The number of hydrogen-bond donors (Lipinski definition) is 2. The molecule has 0 amide bonds. The molecule has 120 valence electrons. The van der Waals surface area contributed by atoms with Gasteiger partial charge in [-0.1, -0.05) is 35.9 Å². The summed E-state index contributed by atoms with van der Waals surface area (Å²) in [5.41, 5.74) is 1.73. The maximum absolute atomic E-state index is 12.3. The molecule has 0 radical (unpaired) electrons. The van der Waals surface area contributed by atoms with Gasteiger partial charge in [0.2, 0.25) is 0 Å². The summed E-state index contributed by atoms with van der Waals surface area (Å²) in [5.74, 6) is 0. The summed E-state index contributed by atoms with van der Waals surface area (Å²) >= 11 is 5.98. The Bertz CT molecular complexity index is 719. The molecule has 0 aliphatic rings. The number of nitrogens with one attached hydrogen (secondary N) is 1. The van der Waals surface area contributed by atoms with E-state index in [1.54, 1.807) is 43.4 Å². The summed E-state index contributed by atoms with van der Waals surface area (Å²) in [5, 5.41) is 9.64. The first-order chi connectivity index (χ1) is 10.3. The van der Waals surface area contributed by atoms with Crippen molar-refractivity contribution in [2.75, 3.05) is 11.3 Å². The van der Waals surface area contributed by atoms with Gasteiger partial charge in [-0.3, -0.25) is 4.72 Å². The summed E-state index contributed by atoms with van der Waals surface area (Å²) < 4.78 is 27.1. The van der Waals surface area contributed by atoms with Gasteiger partial charge in [-0.05, 0) is 50.1 Å². The van der Waals surface area contributed by atoms with Crippen molar-refractivity contribution in [1.29, 1.82) is 0 Å². The van der Waals surface area contributed by atoms with E-state index >= 15 is 0 Å². The molecule has 2 N–H and O–H groups in total. The Morgan fingerprint density at radius 1 is 1.36 bits per heavy atom. The summed E-state index contributed by atoms with van der Waals surface area (Å²) in [6.07, 6.45) is 6.51. The number of sulfonamides is 1. The molecule has 1 aromatic rings. The topological polar surface area (TPSA) is 66.4 Å². The van der Waals surface area contributed by atoms with E-state index in [2.05, 4.69) is 4.72 Å². The maximum Gasteiger partial charge on any atom is 0.257 e. The largest absolute Gasteiger partial charge is 0.392 e. The molecule has 22 heavy (non-hydrogen) atoms. The second kappa shape index (κ2) is 8.17. The molecule has 0 unspecified atom stereocenters. The zero-order chi connectivity index (χ0) is 16.8. The maximum atomic E-state index is 12.3. The van der Waals surface area contributed by atoms with Gasteiger partial charge >= 0.3 is 0 Å². The van der Waals surface area contributed by atoms with Gasteiger partial charge < -0.3 is 5.11 Å². The van der Waals surface area contributed by atoms with Crippen LogP contribution in [0.2, 0.25) is 5.02 Å². The highest BCUT2D eigenvalue weighted by Gasteiger charge is 2.14. The van der Waals surface area contributed by atoms with Crippen LogP contribution in [0.15, 0.2) is 53.0 Å². The van der Waals surface area contributed by atoms with Crippen LogP contribution in [-0.2, 0) is 10.0 Å². The lowest BCUT2D eigenvalue weighted by atomic mass is 10.2. The zero-order valence-electron chi connectivity index (χ0n) is 12.8. The Hall–Kier alpha value is -1.56. The summed E-state index contributed by atoms with van der Waals surface area (Å²) in [7, 11) is -3.67. The fourth-order valence-corrected chi connectivity index (χ4v) is 2.73. The monoisotopic (exact) mass is 341 g/mol. The molecule has 1 rings (SSSR count). The highest BCUT2D eigenvalue weighted by molar-refractivity contribution is 7.96. The predicted molar refractivity (Wildman–Crippen MR) is 92.5 cm³/mol. The molecular weight excluding hydrogens is 322 g/mol. The Morgan fingerprint density at radius 2 is 2.05 bits per heavy atom. The molecule has 0 aliphatic carbocycles. The number of benzene rings is 1. The SMILES string of the molecule is C\C=C/C(=C\C=C(/C)S(=O)(=O)Nc1cccc(Cl)c1C)CO. The normalized spacial score (nSPS) is 13.7. The smallest absolute Gasteiger partial charge is 0.257 e. The summed E-state index contributed by atoms with van der Waals surface area (Å²) in [6.45, 7) is 4.90. The summed E-state index contributed by atoms with van der Waals surface area (Å²) in [4.78, 5) is 0.141. The number of halogens is 1. The van der Waals surface area contributed by atoms with E-state index in [9.17, 15) is 8.42 Å². The highest BCUT2D eigenvalue weighted by Crippen LogP contribution is 2.25. The Morgan fingerprint density at radius 3 is 2.64 bits per heavy atom. The van der Waals surface area contributed by atoms with Crippen LogP contribution >= 0.6 is 11.6 Å². The van der Waals surface area contributed by atoms with Crippen molar-refractivity contribution in [2.24, 2.45) is 0 Å². The average molecular weight is 342 g/mol. The first kappa shape index (κ1) is 18.5. The third-order valence-corrected chi connectivity index (χ3v) is 4.91.